The molecule has 0 radical (unpaired) electrons. The van der Waals surface area contributed by atoms with E-state index in [4.69, 9.17) is 10.5 Å². The third-order valence-electron chi connectivity index (χ3n) is 3.55. The molecule has 1 unspecified atom stereocenters. The number of anilines is 1. The van der Waals surface area contributed by atoms with E-state index in [1.165, 1.54) is 4.68 Å². The second kappa shape index (κ2) is 5.87. The first-order valence-corrected chi connectivity index (χ1v) is 6.65. The molecule has 21 heavy (non-hydrogen) atoms. The Kier molecular flexibility index (Phi) is 4.16. The molecule has 0 aliphatic carbocycles. The average molecular weight is 288 g/mol. The molecule has 1 aromatic heterocycles. The Labute approximate surface area is 124 Å². The lowest BCUT2D eigenvalue weighted by Crippen LogP contribution is -2.30. The molecule has 1 aromatic carbocycles. The summed E-state index contributed by atoms with van der Waals surface area (Å²) in [6, 6.07) is 7.47. The highest BCUT2D eigenvalue weighted by atomic mass is 16.5. The number of carbonyl (C=O) groups excluding carboxylic acids is 1. The molecular formula is C15H20N4O2. The topological polar surface area (TPSA) is 73.4 Å². The highest BCUT2D eigenvalue weighted by molar-refractivity contribution is 5.97. The Bertz CT molecular complexity index is 651. The number of methoxy groups -OCH3 is 1. The van der Waals surface area contributed by atoms with Crippen LogP contribution in [0.3, 0.4) is 0 Å². The molecular weight excluding hydrogens is 268 g/mol. The highest BCUT2D eigenvalue weighted by Gasteiger charge is 2.24. The number of nitrogens with zero attached hydrogens (tertiary/aromatic N) is 3. The molecule has 112 valence electrons. The van der Waals surface area contributed by atoms with Crippen LogP contribution >= 0.6 is 0 Å². The van der Waals surface area contributed by atoms with E-state index in [1.807, 2.05) is 31.2 Å². The van der Waals surface area contributed by atoms with Gasteiger partial charge in [0.1, 0.15) is 5.75 Å². The molecule has 6 nitrogen and oxygen atoms in total. The fraction of sp³-hybridized carbons (Fsp3) is 0.333. The largest absolute Gasteiger partial charge is 0.496 e. The summed E-state index contributed by atoms with van der Waals surface area (Å²) in [6.45, 7) is 1.94. The number of carbonyl (C=O) groups is 1. The molecule has 0 fully saturated rings. The smallest absolute Gasteiger partial charge is 0.276 e. The molecule has 0 aliphatic rings. The van der Waals surface area contributed by atoms with E-state index in [2.05, 4.69) is 5.10 Å². The molecule has 0 aliphatic heterocycles. The van der Waals surface area contributed by atoms with Gasteiger partial charge >= 0.3 is 0 Å². The molecule has 1 atom stereocenters. The Morgan fingerprint density at radius 3 is 2.67 bits per heavy atom. The van der Waals surface area contributed by atoms with Crippen molar-refractivity contribution in [2.45, 2.75) is 13.0 Å². The molecule has 0 spiro atoms. The first-order valence-electron chi connectivity index (χ1n) is 6.65. The van der Waals surface area contributed by atoms with E-state index in [0.29, 0.717) is 5.69 Å². The van der Waals surface area contributed by atoms with E-state index in [-0.39, 0.29) is 17.6 Å². The third-order valence-corrected chi connectivity index (χ3v) is 3.55. The maximum Gasteiger partial charge on any atom is 0.276 e. The lowest BCUT2D eigenvalue weighted by atomic mass is 10.1. The lowest BCUT2D eigenvalue weighted by molar-refractivity contribution is 0.0735. The lowest BCUT2D eigenvalue weighted by Gasteiger charge is -2.26. The number of rotatable bonds is 4. The minimum Gasteiger partial charge on any atom is -0.496 e. The van der Waals surface area contributed by atoms with Crippen LogP contribution < -0.4 is 10.5 Å². The summed E-state index contributed by atoms with van der Waals surface area (Å²) in [7, 11) is 5.08. The van der Waals surface area contributed by atoms with Crippen molar-refractivity contribution >= 4 is 11.6 Å². The van der Waals surface area contributed by atoms with E-state index in [1.54, 1.807) is 32.3 Å². The number of para-hydroxylation sites is 1. The van der Waals surface area contributed by atoms with Gasteiger partial charge in [-0.3, -0.25) is 9.48 Å². The normalized spacial score (nSPS) is 12.0. The van der Waals surface area contributed by atoms with Gasteiger partial charge in [0.05, 0.1) is 18.8 Å². The van der Waals surface area contributed by atoms with Crippen molar-refractivity contribution in [2.24, 2.45) is 7.05 Å². The fourth-order valence-corrected chi connectivity index (χ4v) is 2.24. The van der Waals surface area contributed by atoms with Gasteiger partial charge in [-0.2, -0.15) is 5.10 Å². The number of benzene rings is 1. The highest BCUT2D eigenvalue weighted by Crippen LogP contribution is 2.29. The van der Waals surface area contributed by atoms with Crippen LogP contribution in [0.1, 0.15) is 29.0 Å². The first-order chi connectivity index (χ1) is 9.95. The summed E-state index contributed by atoms with van der Waals surface area (Å²) in [6.07, 6.45) is 1.62. The molecule has 1 heterocycles. The average Bonchev–Trinajstić information content (AvgIpc) is 2.83. The SMILES string of the molecule is COc1ccccc1C(C)N(C)C(=O)c1nn(C)cc1N. The molecule has 0 saturated heterocycles. The number of aryl methyl sites for hydroxylation is 1. The van der Waals surface area contributed by atoms with Gasteiger partial charge < -0.3 is 15.4 Å². The Balaban J connectivity index is 2.28. The standard InChI is InChI=1S/C15H20N4O2/c1-10(11-7-5-6-8-13(11)21-4)19(3)15(20)14-12(16)9-18(2)17-14/h5-10H,16H2,1-4H3. The molecule has 1 amide bonds. The Morgan fingerprint density at radius 1 is 1.43 bits per heavy atom. The van der Waals surface area contributed by atoms with Gasteiger partial charge in [0.15, 0.2) is 5.69 Å². The maximum atomic E-state index is 12.5. The minimum atomic E-state index is -0.216. The van der Waals surface area contributed by atoms with Crippen LogP contribution in [0.15, 0.2) is 30.5 Å². The molecule has 6 heteroatoms. The number of amides is 1. The number of aromatic nitrogens is 2. The quantitative estimate of drug-likeness (QED) is 0.931. The molecule has 2 rings (SSSR count). The monoisotopic (exact) mass is 288 g/mol. The number of nitrogens with two attached hydrogens (primary N) is 1. The van der Waals surface area contributed by atoms with E-state index < -0.39 is 0 Å². The summed E-state index contributed by atoms with van der Waals surface area (Å²) < 4.78 is 6.88. The predicted octanol–water partition coefficient (Wildman–Crippen LogP) is 1.84. The maximum absolute atomic E-state index is 12.5. The molecule has 0 saturated carbocycles. The molecule has 2 N–H and O–H groups in total. The van der Waals surface area contributed by atoms with Crippen LogP contribution in [-0.2, 0) is 7.05 Å². The summed E-state index contributed by atoms with van der Waals surface area (Å²) in [5, 5.41) is 4.12. The van der Waals surface area contributed by atoms with Crippen molar-refractivity contribution in [3.05, 3.63) is 41.7 Å². The summed E-state index contributed by atoms with van der Waals surface area (Å²) in [4.78, 5) is 14.1. The van der Waals surface area contributed by atoms with E-state index in [9.17, 15) is 4.79 Å². The number of hydrogen-bond acceptors (Lipinski definition) is 4. The fourth-order valence-electron chi connectivity index (χ4n) is 2.24. The Hall–Kier alpha value is -2.50. The zero-order chi connectivity index (χ0) is 15.6. The zero-order valence-corrected chi connectivity index (χ0v) is 12.7. The number of hydrogen-bond donors (Lipinski definition) is 1. The van der Waals surface area contributed by atoms with Crippen molar-refractivity contribution in [3.63, 3.8) is 0 Å². The van der Waals surface area contributed by atoms with Gasteiger partial charge in [-0.25, -0.2) is 0 Å². The predicted molar refractivity (Wildman–Crippen MR) is 81.1 cm³/mol. The van der Waals surface area contributed by atoms with Crippen molar-refractivity contribution in [3.8, 4) is 5.75 Å². The minimum absolute atomic E-state index is 0.157. The Morgan fingerprint density at radius 2 is 2.10 bits per heavy atom. The van der Waals surface area contributed by atoms with Gasteiger partial charge in [0, 0.05) is 25.9 Å². The van der Waals surface area contributed by atoms with Crippen LogP contribution in [0.25, 0.3) is 0 Å². The summed E-state index contributed by atoms with van der Waals surface area (Å²) in [5.41, 5.74) is 7.40. The van der Waals surface area contributed by atoms with Crippen LogP contribution in [-0.4, -0.2) is 34.7 Å². The second-order valence-corrected chi connectivity index (χ2v) is 4.94. The van der Waals surface area contributed by atoms with Crippen molar-refractivity contribution in [2.75, 3.05) is 19.9 Å². The van der Waals surface area contributed by atoms with Gasteiger partial charge in [0.2, 0.25) is 0 Å². The van der Waals surface area contributed by atoms with Gasteiger partial charge in [-0.1, -0.05) is 18.2 Å². The third kappa shape index (κ3) is 2.84. The second-order valence-electron chi connectivity index (χ2n) is 4.94. The van der Waals surface area contributed by atoms with Crippen LogP contribution in [0.4, 0.5) is 5.69 Å². The van der Waals surface area contributed by atoms with Gasteiger partial charge in [0.25, 0.3) is 5.91 Å². The zero-order valence-electron chi connectivity index (χ0n) is 12.7. The van der Waals surface area contributed by atoms with E-state index >= 15 is 0 Å². The summed E-state index contributed by atoms with van der Waals surface area (Å²) in [5.74, 6) is 0.533. The van der Waals surface area contributed by atoms with Crippen molar-refractivity contribution in [1.29, 1.82) is 0 Å². The van der Waals surface area contributed by atoms with Crippen molar-refractivity contribution < 1.29 is 9.53 Å². The van der Waals surface area contributed by atoms with Crippen LogP contribution in [0.5, 0.6) is 5.75 Å². The van der Waals surface area contributed by atoms with Crippen LogP contribution in [0.2, 0.25) is 0 Å². The van der Waals surface area contributed by atoms with Gasteiger partial charge in [-0.15, -0.1) is 0 Å². The number of ether oxygens (including phenoxy) is 1. The number of nitrogen functional groups attached to an aromatic ring is 1. The van der Waals surface area contributed by atoms with E-state index in [0.717, 1.165) is 11.3 Å². The molecule has 2 aromatic rings. The van der Waals surface area contributed by atoms with Crippen LogP contribution in [0, 0.1) is 0 Å². The first kappa shape index (κ1) is 14.9. The van der Waals surface area contributed by atoms with Gasteiger partial charge in [-0.05, 0) is 13.0 Å². The van der Waals surface area contributed by atoms with Crippen molar-refractivity contribution in [1.82, 2.24) is 14.7 Å². The molecule has 0 bridgehead atoms. The summed E-state index contributed by atoms with van der Waals surface area (Å²) >= 11 is 0.